The van der Waals surface area contributed by atoms with Crippen LogP contribution in [0.2, 0.25) is 5.02 Å². The molecule has 2 rings (SSSR count). The van der Waals surface area contributed by atoms with E-state index in [0.29, 0.717) is 17.4 Å². The average Bonchev–Trinajstić information content (AvgIpc) is 2.67. The summed E-state index contributed by atoms with van der Waals surface area (Å²) in [6.07, 6.45) is 1.67. The molecule has 1 saturated heterocycles. The summed E-state index contributed by atoms with van der Waals surface area (Å²) in [5.74, 6) is 0.638. The van der Waals surface area contributed by atoms with Crippen molar-refractivity contribution in [3.63, 3.8) is 0 Å². The number of hydrogen-bond donors (Lipinski definition) is 1. The molecular formula is C15H21ClO3. The molecule has 0 spiro atoms. The number of aliphatic hydroxyl groups excluding tert-OH is 1. The predicted molar refractivity (Wildman–Crippen MR) is 75.8 cm³/mol. The van der Waals surface area contributed by atoms with Crippen molar-refractivity contribution in [3.05, 3.63) is 28.8 Å². The van der Waals surface area contributed by atoms with Gasteiger partial charge < -0.3 is 14.6 Å². The highest BCUT2D eigenvalue weighted by molar-refractivity contribution is 6.32. The molecule has 1 aromatic carbocycles. The summed E-state index contributed by atoms with van der Waals surface area (Å²) in [7, 11) is 0. The van der Waals surface area contributed by atoms with E-state index in [4.69, 9.17) is 21.1 Å². The van der Waals surface area contributed by atoms with Crippen LogP contribution in [0.4, 0.5) is 0 Å². The van der Waals surface area contributed by atoms with Gasteiger partial charge in [0, 0.05) is 0 Å². The molecule has 1 aliphatic heterocycles. The molecule has 0 saturated carbocycles. The van der Waals surface area contributed by atoms with Gasteiger partial charge in [-0.05, 0) is 51.3 Å². The van der Waals surface area contributed by atoms with Gasteiger partial charge in [0.1, 0.15) is 12.4 Å². The zero-order chi connectivity index (χ0) is 14.0. The lowest BCUT2D eigenvalue weighted by atomic mass is 10.1. The van der Waals surface area contributed by atoms with E-state index in [1.807, 2.05) is 6.07 Å². The number of ether oxygens (including phenoxy) is 2. The zero-order valence-electron chi connectivity index (χ0n) is 11.6. The number of aliphatic hydroxyl groups is 1. The average molecular weight is 285 g/mol. The molecule has 1 heterocycles. The van der Waals surface area contributed by atoms with Gasteiger partial charge in [-0.1, -0.05) is 17.7 Å². The van der Waals surface area contributed by atoms with Gasteiger partial charge in [-0.3, -0.25) is 0 Å². The van der Waals surface area contributed by atoms with Crippen molar-refractivity contribution >= 4 is 11.6 Å². The van der Waals surface area contributed by atoms with Gasteiger partial charge in [0.2, 0.25) is 0 Å². The Hall–Kier alpha value is -0.770. The number of halogens is 1. The van der Waals surface area contributed by atoms with Crippen LogP contribution in [-0.2, 0) is 4.74 Å². The highest BCUT2D eigenvalue weighted by Crippen LogP contribution is 2.31. The minimum absolute atomic E-state index is 0.0476. The molecule has 0 radical (unpaired) electrons. The van der Waals surface area contributed by atoms with Crippen LogP contribution in [-0.4, -0.2) is 23.4 Å². The molecule has 0 aliphatic carbocycles. The van der Waals surface area contributed by atoms with Gasteiger partial charge in [-0.2, -0.15) is 0 Å². The van der Waals surface area contributed by atoms with Crippen molar-refractivity contribution in [2.45, 2.75) is 51.4 Å². The number of rotatable bonds is 4. The summed E-state index contributed by atoms with van der Waals surface area (Å²) >= 11 is 6.14. The molecule has 4 heteroatoms. The van der Waals surface area contributed by atoms with E-state index in [9.17, 15) is 5.11 Å². The molecule has 1 unspecified atom stereocenters. The minimum Gasteiger partial charge on any atom is -0.489 e. The van der Waals surface area contributed by atoms with E-state index >= 15 is 0 Å². The molecule has 0 bridgehead atoms. The summed E-state index contributed by atoms with van der Waals surface area (Å²) < 4.78 is 11.6. The van der Waals surface area contributed by atoms with Gasteiger partial charge in [0.25, 0.3) is 0 Å². The second-order valence-electron chi connectivity index (χ2n) is 5.72. The molecule has 0 aromatic heterocycles. The standard InChI is InChI=1S/C15H21ClO3/c1-10(17)11-4-5-14(13(16)8-11)18-9-12-6-7-15(2,3)19-12/h4-5,8,10,12,17H,6-7,9H2,1-3H3/t10-,12?/m0/s1. The molecule has 1 N–H and O–H groups in total. The van der Waals surface area contributed by atoms with Crippen molar-refractivity contribution < 1.29 is 14.6 Å². The molecule has 106 valence electrons. The van der Waals surface area contributed by atoms with Crippen molar-refractivity contribution in [1.29, 1.82) is 0 Å². The second-order valence-corrected chi connectivity index (χ2v) is 6.12. The lowest BCUT2D eigenvalue weighted by Crippen LogP contribution is -2.23. The van der Waals surface area contributed by atoms with E-state index in [1.165, 1.54) is 0 Å². The fourth-order valence-electron chi connectivity index (χ4n) is 2.27. The van der Waals surface area contributed by atoms with E-state index in [-0.39, 0.29) is 11.7 Å². The molecule has 2 atom stereocenters. The first-order valence-corrected chi connectivity index (χ1v) is 7.03. The first-order valence-electron chi connectivity index (χ1n) is 6.65. The minimum atomic E-state index is -0.523. The Morgan fingerprint density at radius 3 is 2.79 bits per heavy atom. The van der Waals surface area contributed by atoms with E-state index < -0.39 is 6.10 Å². The van der Waals surface area contributed by atoms with Crippen molar-refractivity contribution in [2.24, 2.45) is 0 Å². The Bertz CT molecular complexity index is 443. The van der Waals surface area contributed by atoms with Crippen LogP contribution in [0.3, 0.4) is 0 Å². The summed E-state index contributed by atoms with van der Waals surface area (Å²) in [5.41, 5.74) is 0.740. The van der Waals surface area contributed by atoms with E-state index in [0.717, 1.165) is 18.4 Å². The SMILES string of the molecule is C[C@H](O)c1ccc(OCC2CCC(C)(C)O2)c(Cl)c1. The van der Waals surface area contributed by atoms with E-state index in [1.54, 1.807) is 19.1 Å². The van der Waals surface area contributed by atoms with Gasteiger partial charge >= 0.3 is 0 Å². The zero-order valence-corrected chi connectivity index (χ0v) is 12.4. The molecule has 1 aromatic rings. The Labute approximate surface area is 119 Å². The normalized spacial score (nSPS) is 23.3. The van der Waals surface area contributed by atoms with Crippen molar-refractivity contribution in [1.82, 2.24) is 0 Å². The fraction of sp³-hybridized carbons (Fsp3) is 0.600. The second kappa shape index (κ2) is 5.70. The summed E-state index contributed by atoms with van der Waals surface area (Å²) in [6, 6.07) is 5.36. The molecule has 0 amide bonds. The summed E-state index contributed by atoms with van der Waals surface area (Å²) in [6.45, 7) is 6.41. The molecule has 19 heavy (non-hydrogen) atoms. The summed E-state index contributed by atoms with van der Waals surface area (Å²) in [5, 5.41) is 10.0. The fourth-order valence-corrected chi connectivity index (χ4v) is 2.52. The maximum atomic E-state index is 9.48. The third-order valence-corrected chi connectivity index (χ3v) is 3.71. The third kappa shape index (κ3) is 3.85. The highest BCUT2D eigenvalue weighted by Gasteiger charge is 2.31. The highest BCUT2D eigenvalue weighted by atomic mass is 35.5. The lowest BCUT2D eigenvalue weighted by molar-refractivity contribution is -0.0326. The molecular weight excluding hydrogens is 264 g/mol. The van der Waals surface area contributed by atoms with Gasteiger partial charge in [-0.15, -0.1) is 0 Å². The van der Waals surface area contributed by atoms with Crippen LogP contribution >= 0.6 is 11.6 Å². The first kappa shape index (κ1) is 14.6. The van der Waals surface area contributed by atoms with Crippen molar-refractivity contribution in [2.75, 3.05) is 6.61 Å². The smallest absolute Gasteiger partial charge is 0.138 e. The van der Waals surface area contributed by atoms with Crippen LogP contribution in [0.15, 0.2) is 18.2 Å². The Kier molecular flexibility index (Phi) is 4.39. The van der Waals surface area contributed by atoms with Crippen LogP contribution < -0.4 is 4.74 Å². The van der Waals surface area contributed by atoms with Crippen molar-refractivity contribution in [3.8, 4) is 5.75 Å². The lowest BCUT2D eigenvalue weighted by Gasteiger charge is -2.19. The van der Waals surface area contributed by atoms with Gasteiger partial charge in [0.05, 0.1) is 22.8 Å². The molecule has 3 nitrogen and oxygen atoms in total. The third-order valence-electron chi connectivity index (χ3n) is 3.42. The Morgan fingerprint density at radius 1 is 1.53 bits per heavy atom. The van der Waals surface area contributed by atoms with Crippen LogP contribution in [0.25, 0.3) is 0 Å². The maximum Gasteiger partial charge on any atom is 0.138 e. The Balaban J connectivity index is 1.93. The molecule has 1 aliphatic rings. The van der Waals surface area contributed by atoms with Gasteiger partial charge in [-0.25, -0.2) is 0 Å². The van der Waals surface area contributed by atoms with Gasteiger partial charge in [0.15, 0.2) is 0 Å². The first-order chi connectivity index (χ1) is 8.87. The van der Waals surface area contributed by atoms with E-state index in [2.05, 4.69) is 13.8 Å². The van der Waals surface area contributed by atoms with Crippen LogP contribution in [0.1, 0.15) is 45.3 Å². The Morgan fingerprint density at radius 2 is 2.26 bits per heavy atom. The van der Waals surface area contributed by atoms with Crippen LogP contribution in [0.5, 0.6) is 5.75 Å². The maximum absolute atomic E-state index is 9.48. The quantitative estimate of drug-likeness (QED) is 0.915. The molecule has 1 fully saturated rings. The monoisotopic (exact) mass is 284 g/mol. The van der Waals surface area contributed by atoms with Crippen LogP contribution in [0, 0.1) is 0 Å². The number of benzene rings is 1. The number of hydrogen-bond acceptors (Lipinski definition) is 3. The summed E-state index contributed by atoms with van der Waals surface area (Å²) in [4.78, 5) is 0. The topological polar surface area (TPSA) is 38.7 Å². The predicted octanol–water partition coefficient (Wildman–Crippen LogP) is 3.73. The largest absolute Gasteiger partial charge is 0.489 e.